The third kappa shape index (κ3) is 4.19. The molecule has 0 amide bonds. The van der Waals surface area contributed by atoms with E-state index in [0.29, 0.717) is 17.5 Å². The van der Waals surface area contributed by atoms with Gasteiger partial charge in [0.05, 0.1) is 6.57 Å². The second-order valence-electron chi connectivity index (χ2n) is 14.7. The molecule has 2 aromatic carbocycles. The summed E-state index contributed by atoms with van der Waals surface area (Å²) in [5.41, 5.74) is 12.2. The van der Waals surface area contributed by atoms with Gasteiger partial charge in [0.25, 0.3) is 5.70 Å². The van der Waals surface area contributed by atoms with Gasteiger partial charge in [0.2, 0.25) is 5.89 Å². The zero-order valence-electron chi connectivity index (χ0n) is 25.4. The lowest BCUT2D eigenvalue weighted by molar-refractivity contribution is 0.228. The highest BCUT2D eigenvalue weighted by Crippen LogP contribution is 2.53. The monoisotopic (exact) mass is 543 g/mol. The number of hydrogen-bond acceptors (Lipinski definition) is 3. The van der Waals surface area contributed by atoms with E-state index in [1.807, 2.05) is 24.3 Å². The Morgan fingerprint density at radius 1 is 0.976 bits per heavy atom. The van der Waals surface area contributed by atoms with Crippen molar-refractivity contribution in [1.29, 1.82) is 0 Å². The molecule has 210 valence electrons. The van der Waals surface area contributed by atoms with Crippen LogP contribution in [0.3, 0.4) is 0 Å². The number of oxazole rings is 1. The van der Waals surface area contributed by atoms with Crippen LogP contribution in [-0.2, 0) is 10.8 Å². The lowest BCUT2D eigenvalue weighted by atomic mass is 9.62. The number of allylic oxidation sites excluding steroid dienone is 5. The third-order valence-electron chi connectivity index (χ3n) is 10.6. The van der Waals surface area contributed by atoms with Gasteiger partial charge in [-0.3, -0.25) is 0 Å². The Labute approximate surface area is 244 Å². The quantitative estimate of drug-likeness (QED) is 0.302. The fourth-order valence-corrected chi connectivity index (χ4v) is 7.93. The van der Waals surface area contributed by atoms with Crippen molar-refractivity contribution >= 4 is 28.1 Å². The second kappa shape index (κ2) is 8.96. The average molecular weight is 544 g/mol. The minimum absolute atomic E-state index is 0.0513. The van der Waals surface area contributed by atoms with Gasteiger partial charge in [-0.15, -0.1) is 0 Å². The van der Waals surface area contributed by atoms with Gasteiger partial charge in [-0.25, -0.2) is 9.83 Å². The molecule has 1 aromatic heterocycles. The lowest BCUT2D eigenvalue weighted by Gasteiger charge is -2.48. The Morgan fingerprint density at radius 2 is 1.66 bits per heavy atom. The molecule has 3 heterocycles. The molecule has 2 aliphatic carbocycles. The summed E-state index contributed by atoms with van der Waals surface area (Å²) < 4.78 is 6.07. The fraction of sp³-hybridized carbons (Fsp3) is 0.459. The molecule has 0 fully saturated rings. The van der Waals surface area contributed by atoms with Gasteiger partial charge in [-0.05, 0) is 112 Å². The van der Waals surface area contributed by atoms with Crippen LogP contribution in [0.5, 0.6) is 0 Å². The molecule has 0 bridgehead atoms. The van der Waals surface area contributed by atoms with Crippen molar-refractivity contribution in [3.8, 4) is 0 Å². The Hall–Kier alpha value is -3.58. The van der Waals surface area contributed by atoms with Crippen LogP contribution in [0, 0.1) is 17.9 Å². The molecule has 0 radical (unpaired) electrons. The standard InChI is InChI=1S/C37H41N3O/c1-35(2)14-16-40-17-15-36(3,4)29-21-24(20-28(35)33(29)40)23-12-13-27-25(18-23)19-26(22-37(27,5)6)32(38-7)34-39-30-10-8-9-11-31(30)41-34/h8-11,18-21,27H,12-17,22H2,1-6H3. The van der Waals surface area contributed by atoms with E-state index in [2.05, 4.69) is 80.6 Å². The van der Waals surface area contributed by atoms with Crippen LogP contribution in [0.4, 0.5) is 5.69 Å². The SMILES string of the molecule is [C-]#[N+]C(=C1C=C2C=C(c3cc4c5c(c3)C(C)(C)CCN5CCC4(C)C)CCC2C(C)(C)C1)c1nc2ccccc2o1. The molecule has 4 heteroatoms. The van der Waals surface area contributed by atoms with Crippen LogP contribution in [0.25, 0.3) is 27.2 Å². The van der Waals surface area contributed by atoms with E-state index in [1.165, 1.54) is 46.4 Å². The predicted octanol–water partition coefficient (Wildman–Crippen LogP) is 9.48. The minimum Gasteiger partial charge on any atom is -0.447 e. The van der Waals surface area contributed by atoms with Crippen LogP contribution >= 0.6 is 0 Å². The van der Waals surface area contributed by atoms with E-state index in [0.717, 1.165) is 49.0 Å². The molecule has 7 rings (SSSR count). The average Bonchev–Trinajstić information content (AvgIpc) is 3.35. The van der Waals surface area contributed by atoms with Crippen molar-refractivity contribution in [2.45, 2.75) is 84.5 Å². The summed E-state index contributed by atoms with van der Waals surface area (Å²) >= 11 is 0. The molecule has 1 unspecified atom stereocenters. The highest BCUT2D eigenvalue weighted by molar-refractivity contribution is 5.81. The van der Waals surface area contributed by atoms with Gasteiger partial charge in [0, 0.05) is 18.8 Å². The number of fused-ring (bicyclic) bond motifs is 2. The molecule has 0 saturated heterocycles. The molecular formula is C37H41N3O. The Morgan fingerprint density at radius 3 is 2.32 bits per heavy atom. The molecule has 2 aliphatic heterocycles. The maximum absolute atomic E-state index is 8.09. The highest BCUT2D eigenvalue weighted by atomic mass is 16.3. The number of rotatable bonds is 2. The number of benzene rings is 2. The molecule has 4 nitrogen and oxygen atoms in total. The number of nitrogens with zero attached hydrogens (tertiary/aromatic N) is 3. The number of anilines is 1. The van der Waals surface area contributed by atoms with Crippen molar-refractivity contribution in [1.82, 2.24) is 4.98 Å². The Balaban J connectivity index is 1.36. The highest BCUT2D eigenvalue weighted by Gasteiger charge is 2.42. The van der Waals surface area contributed by atoms with E-state index in [9.17, 15) is 0 Å². The Bertz CT molecular complexity index is 1640. The first kappa shape index (κ1) is 26.3. The number of aromatic nitrogens is 1. The number of hydrogen-bond donors (Lipinski definition) is 0. The van der Waals surface area contributed by atoms with Crippen molar-refractivity contribution in [2.24, 2.45) is 11.3 Å². The van der Waals surface area contributed by atoms with Gasteiger partial charge in [0.1, 0.15) is 5.52 Å². The summed E-state index contributed by atoms with van der Waals surface area (Å²) in [6, 6.07) is 12.8. The summed E-state index contributed by atoms with van der Waals surface area (Å²) in [4.78, 5) is 11.3. The summed E-state index contributed by atoms with van der Waals surface area (Å²) in [5, 5.41) is 0. The zero-order chi connectivity index (χ0) is 28.7. The molecule has 0 N–H and O–H groups in total. The van der Waals surface area contributed by atoms with Crippen LogP contribution < -0.4 is 4.90 Å². The van der Waals surface area contributed by atoms with Crippen molar-refractivity contribution in [3.05, 3.63) is 93.7 Å². The topological polar surface area (TPSA) is 33.6 Å². The first-order valence-electron chi connectivity index (χ1n) is 15.3. The second-order valence-corrected chi connectivity index (χ2v) is 14.7. The largest absolute Gasteiger partial charge is 0.447 e. The molecule has 1 atom stereocenters. The van der Waals surface area contributed by atoms with Crippen molar-refractivity contribution in [2.75, 3.05) is 18.0 Å². The van der Waals surface area contributed by atoms with E-state index in [4.69, 9.17) is 11.0 Å². The van der Waals surface area contributed by atoms with Crippen LogP contribution in [-0.4, -0.2) is 18.1 Å². The zero-order valence-corrected chi connectivity index (χ0v) is 25.4. The van der Waals surface area contributed by atoms with Gasteiger partial charge in [-0.1, -0.05) is 65.8 Å². The lowest BCUT2D eigenvalue weighted by Crippen LogP contribution is -2.44. The normalized spacial score (nSPS) is 25.0. The van der Waals surface area contributed by atoms with E-state index >= 15 is 0 Å². The molecule has 3 aromatic rings. The van der Waals surface area contributed by atoms with Crippen molar-refractivity contribution in [3.63, 3.8) is 0 Å². The summed E-state index contributed by atoms with van der Waals surface area (Å²) in [5.74, 6) is 0.912. The molecular weight excluding hydrogens is 502 g/mol. The van der Waals surface area contributed by atoms with Gasteiger partial charge in [0.15, 0.2) is 5.58 Å². The predicted molar refractivity (Wildman–Crippen MR) is 169 cm³/mol. The Kier molecular flexibility index (Phi) is 5.75. The summed E-state index contributed by atoms with van der Waals surface area (Å²) in [6.45, 7) is 24.8. The van der Waals surface area contributed by atoms with Crippen LogP contribution in [0.15, 0.2) is 64.1 Å². The molecule has 41 heavy (non-hydrogen) atoms. The van der Waals surface area contributed by atoms with E-state index in [1.54, 1.807) is 0 Å². The van der Waals surface area contributed by atoms with Gasteiger partial charge in [-0.2, -0.15) is 0 Å². The molecule has 0 saturated carbocycles. The van der Waals surface area contributed by atoms with Crippen LogP contribution in [0.2, 0.25) is 0 Å². The summed E-state index contributed by atoms with van der Waals surface area (Å²) in [7, 11) is 0. The van der Waals surface area contributed by atoms with E-state index in [-0.39, 0.29) is 16.2 Å². The third-order valence-corrected chi connectivity index (χ3v) is 10.6. The fourth-order valence-electron chi connectivity index (χ4n) is 7.93. The summed E-state index contributed by atoms with van der Waals surface area (Å²) in [6.07, 6.45) is 10.2. The molecule has 0 spiro atoms. The first-order valence-corrected chi connectivity index (χ1v) is 15.3. The van der Waals surface area contributed by atoms with Gasteiger partial charge < -0.3 is 9.32 Å². The van der Waals surface area contributed by atoms with E-state index < -0.39 is 0 Å². The first-order chi connectivity index (χ1) is 19.5. The maximum Gasteiger partial charge on any atom is 0.250 e. The van der Waals surface area contributed by atoms with Gasteiger partial charge >= 0.3 is 0 Å². The minimum atomic E-state index is 0.0513. The molecule has 4 aliphatic rings. The number of para-hydroxylation sites is 2. The van der Waals surface area contributed by atoms with Crippen molar-refractivity contribution < 1.29 is 4.42 Å². The smallest absolute Gasteiger partial charge is 0.250 e. The van der Waals surface area contributed by atoms with Crippen LogP contribution in [0.1, 0.15) is 96.2 Å². The maximum atomic E-state index is 8.09.